The van der Waals surface area contributed by atoms with Crippen molar-refractivity contribution in [3.8, 4) is 29.2 Å². The molecule has 5 nitrogen and oxygen atoms in total. The molecule has 0 atom stereocenters. The maximum absolute atomic E-state index is 14.5. The number of hydrogen-bond acceptors (Lipinski definition) is 3. The summed E-state index contributed by atoms with van der Waals surface area (Å²) in [5.74, 6) is 2.11. The number of carbonyl (C=O) groups is 1. The average molecular weight is 628 g/mol. The van der Waals surface area contributed by atoms with E-state index < -0.39 is 33.6 Å². The first-order valence-electron chi connectivity index (χ1n) is 11.4. The van der Waals surface area contributed by atoms with Crippen LogP contribution >= 0.6 is 34.8 Å². The average Bonchev–Trinajstić information content (AvgIpc) is 3.58. The SMILES string of the molecule is C#CCCN(C(=O)c1cc(-c2cnn(-c3c(Cl)cc(C(F)(C(F)(F)F)C(F)(F)F)cc3Cl)c2)cnc1Cl)C1CC1. The summed E-state index contributed by atoms with van der Waals surface area (Å²) >= 11 is 18.2. The van der Waals surface area contributed by atoms with Crippen LogP contribution < -0.4 is 0 Å². The van der Waals surface area contributed by atoms with Gasteiger partial charge in [-0.3, -0.25) is 4.79 Å². The van der Waals surface area contributed by atoms with Gasteiger partial charge in [-0.2, -0.15) is 31.4 Å². The first-order valence-corrected chi connectivity index (χ1v) is 12.5. The minimum Gasteiger partial charge on any atom is -0.335 e. The van der Waals surface area contributed by atoms with E-state index in [1.807, 2.05) is 0 Å². The third kappa shape index (κ3) is 5.47. The second-order valence-electron chi connectivity index (χ2n) is 8.86. The van der Waals surface area contributed by atoms with Crippen LogP contribution in [0.1, 0.15) is 35.2 Å². The van der Waals surface area contributed by atoms with Gasteiger partial charge in [0.2, 0.25) is 0 Å². The third-order valence-electron chi connectivity index (χ3n) is 6.16. The molecule has 0 spiro atoms. The fourth-order valence-corrected chi connectivity index (χ4v) is 4.84. The van der Waals surface area contributed by atoms with Crippen LogP contribution in [-0.4, -0.2) is 50.5 Å². The van der Waals surface area contributed by atoms with Crippen LogP contribution in [0, 0.1) is 12.3 Å². The molecule has 2 aromatic heterocycles. The molecule has 1 amide bonds. The molecule has 0 radical (unpaired) electrons. The molecule has 1 aromatic carbocycles. The summed E-state index contributed by atoms with van der Waals surface area (Å²) in [5.41, 5.74) is -7.09. The topological polar surface area (TPSA) is 51.0 Å². The number of rotatable bonds is 7. The number of pyridine rings is 1. The van der Waals surface area contributed by atoms with Crippen LogP contribution in [0.15, 0.2) is 36.8 Å². The molecule has 1 fully saturated rings. The summed E-state index contributed by atoms with van der Waals surface area (Å²) in [7, 11) is 0. The molecule has 15 heteroatoms. The highest BCUT2D eigenvalue weighted by atomic mass is 35.5. The van der Waals surface area contributed by atoms with Crippen LogP contribution in [0.4, 0.5) is 30.7 Å². The Kier molecular flexibility index (Phi) is 8.06. The molecule has 3 aromatic rings. The Hall–Kier alpha value is -3.01. The van der Waals surface area contributed by atoms with Crippen LogP contribution in [0.3, 0.4) is 0 Å². The molecule has 0 bridgehead atoms. The molecule has 1 saturated carbocycles. The fraction of sp³-hybridized carbons (Fsp3) is 0.320. The number of alkyl halides is 7. The minimum atomic E-state index is -6.34. The van der Waals surface area contributed by atoms with Crippen LogP contribution in [0.5, 0.6) is 0 Å². The zero-order valence-corrected chi connectivity index (χ0v) is 22.2. The van der Waals surface area contributed by atoms with Gasteiger partial charge in [0.05, 0.1) is 21.8 Å². The normalized spacial score (nSPS) is 14.2. The number of benzene rings is 1. The van der Waals surface area contributed by atoms with Gasteiger partial charge in [-0.1, -0.05) is 34.8 Å². The van der Waals surface area contributed by atoms with Gasteiger partial charge >= 0.3 is 18.0 Å². The maximum Gasteiger partial charge on any atom is 0.435 e. The Morgan fingerprint density at radius 3 is 2.12 bits per heavy atom. The predicted molar refractivity (Wildman–Crippen MR) is 134 cm³/mol. The van der Waals surface area contributed by atoms with Crippen molar-refractivity contribution in [1.29, 1.82) is 0 Å². The van der Waals surface area contributed by atoms with E-state index in [9.17, 15) is 35.5 Å². The Morgan fingerprint density at radius 2 is 1.60 bits per heavy atom. The molecular formula is C25H16Cl3F7N4O. The number of carbonyl (C=O) groups excluding carboxylic acids is 1. The highest BCUT2D eigenvalue weighted by Gasteiger charge is 2.73. The fourth-order valence-electron chi connectivity index (χ4n) is 4.00. The van der Waals surface area contributed by atoms with Gasteiger partial charge in [-0.25, -0.2) is 14.1 Å². The van der Waals surface area contributed by atoms with Crippen LogP contribution in [-0.2, 0) is 5.67 Å². The molecule has 2 heterocycles. The number of aromatic nitrogens is 3. The molecule has 0 unspecified atom stereocenters. The second-order valence-corrected chi connectivity index (χ2v) is 10.0. The Labute approximate surface area is 237 Å². The second kappa shape index (κ2) is 10.8. The molecule has 1 aliphatic carbocycles. The van der Waals surface area contributed by atoms with Gasteiger partial charge in [0, 0.05) is 48.1 Å². The van der Waals surface area contributed by atoms with Crippen molar-refractivity contribution < 1.29 is 35.5 Å². The quantitative estimate of drug-likeness (QED) is 0.153. The zero-order valence-electron chi connectivity index (χ0n) is 19.9. The lowest BCUT2D eigenvalue weighted by Gasteiger charge is -2.30. The highest BCUT2D eigenvalue weighted by molar-refractivity contribution is 6.38. The summed E-state index contributed by atoms with van der Waals surface area (Å²) in [4.78, 5) is 18.9. The summed E-state index contributed by atoms with van der Waals surface area (Å²) < 4.78 is 94.6. The van der Waals surface area contributed by atoms with Crippen molar-refractivity contribution in [2.24, 2.45) is 0 Å². The molecule has 1 aliphatic rings. The van der Waals surface area contributed by atoms with Gasteiger partial charge in [-0.05, 0) is 31.0 Å². The lowest BCUT2D eigenvalue weighted by atomic mass is 9.94. The highest BCUT2D eigenvalue weighted by Crippen LogP contribution is 2.54. The van der Waals surface area contributed by atoms with E-state index in [4.69, 9.17) is 41.2 Å². The van der Waals surface area contributed by atoms with E-state index in [1.54, 1.807) is 4.90 Å². The van der Waals surface area contributed by atoms with Crippen molar-refractivity contribution in [3.63, 3.8) is 0 Å². The summed E-state index contributed by atoms with van der Waals surface area (Å²) in [6.45, 7) is 0.328. The van der Waals surface area contributed by atoms with Crippen LogP contribution in [0.25, 0.3) is 16.8 Å². The lowest BCUT2D eigenvalue weighted by molar-refractivity contribution is -0.348. The largest absolute Gasteiger partial charge is 0.435 e. The van der Waals surface area contributed by atoms with Crippen LogP contribution in [0.2, 0.25) is 15.2 Å². The molecule has 40 heavy (non-hydrogen) atoms. The minimum absolute atomic E-state index is 0.0355. The van der Waals surface area contributed by atoms with Crippen molar-refractivity contribution in [1.82, 2.24) is 19.7 Å². The van der Waals surface area contributed by atoms with Gasteiger partial charge in [-0.15, -0.1) is 12.3 Å². The van der Waals surface area contributed by atoms with E-state index in [1.165, 1.54) is 24.7 Å². The van der Waals surface area contributed by atoms with Crippen molar-refractivity contribution in [2.45, 2.75) is 43.3 Å². The number of halogens is 10. The number of terminal acetylenes is 1. The number of nitrogens with zero attached hydrogens (tertiary/aromatic N) is 4. The molecule has 212 valence electrons. The Bertz CT molecular complexity index is 1460. The van der Waals surface area contributed by atoms with Gasteiger partial charge in [0.25, 0.3) is 5.91 Å². The molecule has 0 saturated heterocycles. The van der Waals surface area contributed by atoms with E-state index in [0.29, 0.717) is 24.1 Å². The standard InChI is InChI=1S/C25H16Cl3F7N4O/c1-2-3-6-38(16-4-5-16)22(40)17-7-13(10-36-21(17)28)14-11-37-39(12-14)20-18(26)8-15(9-19(20)27)23(29,24(30,31)32)25(33,34)35/h1,7-12,16H,3-6H2. The van der Waals surface area contributed by atoms with Crippen molar-refractivity contribution >= 4 is 40.7 Å². The Balaban J connectivity index is 1.70. The molecule has 0 aliphatic heterocycles. The first-order chi connectivity index (χ1) is 18.6. The van der Waals surface area contributed by atoms with E-state index in [2.05, 4.69) is 16.0 Å². The number of amides is 1. The summed E-state index contributed by atoms with van der Waals surface area (Å²) in [6, 6.07) is 1.87. The third-order valence-corrected chi connectivity index (χ3v) is 7.03. The monoisotopic (exact) mass is 626 g/mol. The van der Waals surface area contributed by atoms with E-state index in [0.717, 1.165) is 17.5 Å². The van der Waals surface area contributed by atoms with Gasteiger partial charge < -0.3 is 4.90 Å². The first kappa shape index (κ1) is 30.0. The predicted octanol–water partition coefficient (Wildman–Crippen LogP) is 7.81. The van der Waals surface area contributed by atoms with Gasteiger partial charge in [0.1, 0.15) is 10.8 Å². The Morgan fingerprint density at radius 1 is 1.00 bits per heavy atom. The van der Waals surface area contributed by atoms with Crippen molar-refractivity contribution in [2.75, 3.05) is 6.54 Å². The van der Waals surface area contributed by atoms with Gasteiger partial charge in [0.15, 0.2) is 0 Å². The number of hydrogen-bond donors (Lipinski definition) is 0. The smallest absolute Gasteiger partial charge is 0.335 e. The van der Waals surface area contributed by atoms with Crippen molar-refractivity contribution in [3.05, 3.63) is 63.1 Å². The molecule has 0 N–H and O–H groups in total. The van der Waals surface area contributed by atoms with E-state index in [-0.39, 0.29) is 40.5 Å². The molecular weight excluding hydrogens is 612 g/mol. The van der Waals surface area contributed by atoms with E-state index >= 15 is 0 Å². The maximum atomic E-state index is 14.5. The summed E-state index contributed by atoms with van der Waals surface area (Å²) in [5, 5.41) is 2.50. The zero-order chi connectivity index (χ0) is 29.6. The lowest BCUT2D eigenvalue weighted by Crippen LogP contribution is -2.50. The molecule has 4 rings (SSSR count). The summed E-state index contributed by atoms with van der Waals surface area (Å²) in [6.07, 6.45) is -1.47.